The minimum absolute atomic E-state index is 0.0365. The van der Waals surface area contributed by atoms with Crippen LogP contribution < -0.4 is 14.2 Å². The summed E-state index contributed by atoms with van der Waals surface area (Å²) < 4.78 is 22.5. The summed E-state index contributed by atoms with van der Waals surface area (Å²) in [5.41, 5.74) is 1.66. The second kappa shape index (κ2) is 16.9. The summed E-state index contributed by atoms with van der Waals surface area (Å²) in [5, 5.41) is 9.08. The van der Waals surface area contributed by atoms with Crippen LogP contribution in [0.3, 0.4) is 0 Å². The molecule has 2 unspecified atom stereocenters. The molecule has 2 aliphatic rings. The first-order chi connectivity index (χ1) is 21.8. The van der Waals surface area contributed by atoms with Gasteiger partial charge in [0, 0.05) is 12.5 Å². The molecule has 2 fully saturated rings. The van der Waals surface area contributed by atoms with Crippen molar-refractivity contribution in [1.29, 1.82) is 0 Å². The van der Waals surface area contributed by atoms with Gasteiger partial charge in [0.15, 0.2) is 18.1 Å². The number of hydrogen-bond donors (Lipinski definition) is 1. The smallest absolute Gasteiger partial charge is 0.341 e. The van der Waals surface area contributed by atoms with Gasteiger partial charge in [0.2, 0.25) is 5.91 Å². The Hall–Kier alpha value is -4.01. The predicted molar refractivity (Wildman–Crippen MR) is 171 cm³/mol. The Balaban J connectivity index is 1.56. The number of hydrogen-bond acceptors (Lipinski definition) is 7. The number of methoxy groups -OCH3 is 2. The minimum Gasteiger partial charge on any atom is -0.493 e. The van der Waals surface area contributed by atoms with Gasteiger partial charge in [-0.3, -0.25) is 4.79 Å². The van der Waals surface area contributed by atoms with Crippen molar-refractivity contribution in [3.05, 3.63) is 66.2 Å². The van der Waals surface area contributed by atoms with Crippen LogP contribution in [0.15, 0.2) is 55.1 Å². The van der Waals surface area contributed by atoms with Crippen LogP contribution in [0.2, 0.25) is 0 Å². The zero-order valence-electron chi connectivity index (χ0n) is 26.6. The van der Waals surface area contributed by atoms with Gasteiger partial charge in [-0.1, -0.05) is 43.5 Å². The minimum atomic E-state index is -1.08. The van der Waals surface area contributed by atoms with Gasteiger partial charge in [-0.2, -0.15) is 0 Å². The number of carbonyl (C=O) groups is 3. The molecule has 3 atom stereocenters. The van der Waals surface area contributed by atoms with Crippen molar-refractivity contribution < 1.29 is 38.4 Å². The van der Waals surface area contributed by atoms with E-state index in [4.69, 9.17) is 24.1 Å². The van der Waals surface area contributed by atoms with Gasteiger partial charge >= 0.3 is 11.9 Å². The molecular formula is C36H47NO8. The lowest BCUT2D eigenvalue weighted by Crippen LogP contribution is -2.52. The van der Waals surface area contributed by atoms with E-state index in [0.29, 0.717) is 61.0 Å². The molecule has 1 amide bonds. The number of ether oxygens (including phenoxy) is 4. The highest BCUT2D eigenvalue weighted by Crippen LogP contribution is 2.36. The molecule has 4 rings (SSSR count). The Kier molecular flexibility index (Phi) is 12.7. The highest BCUT2D eigenvalue weighted by Gasteiger charge is 2.39. The number of amides is 1. The first-order valence-corrected chi connectivity index (χ1v) is 16.1. The van der Waals surface area contributed by atoms with E-state index in [9.17, 15) is 14.4 Å². The summed E-state index contributed by atoms with van der Waals surface area (Å²) in [6, 6.07) is 12.0. The summed E-state index contributed by atoms with van der Waals surface area (Å²) in [6.07, 6.45) is 10.6. The van der Waals surface area contributed by atoms with Crippen molar-refractivity contribution in [2.75, 3.05) is 27.4 Å². The number of rotatable bonds is 15. The molecule has 1 N–H and O–H groups in total. The lowest BCUT2D eigenvalue weighted by Gasteiger charge is -2.39. The van der Waals surface area contributed by atoms with Gasteiger partial charge in [0.1, 0.15) is 17.9 Å². The lowest BCUT2D eigenvalue weighted by atomic mass is 9.77. The van der Waals surface area contributed by atoms with Gasteiger partial charge in [0.05, 0.1) is 14.2 Å². The summed E-state index contributed by atoms with van der Waals surface area (Å²) in [4.78, 5) is 40.9. The van der Waals surface area contributed by atoms with E-state index in [-0.39, 0.29) is 11.8 Å². The van der Waals surface area contributed by atoms with Gasteiger partial charge in [-0.25, -0.2) is 9.59 Å². The number of benzene rings is 2. The van der Waals surface area contributed by atoms with Crippen molar-refractivity contribution in [2.24, 2.45) is 11.8 Å². The molecule has 2 aromatic carbocycles. The third-order valence-corrected chi connectivity index (χ3v) is 9.01. The number of aliphatic carboxylic acids is 1. The van der Waals surface area contributed by atoms with Crippen LogP contribution >= 0.6 is 0 Å². The molecule has 1 heterocycles. The molecule has 1 aliphatic heterocycles. The van der Waals surface area contributed by atoms with E-state index in [1.807, 2.05) is 30.3 Å². The Morgan fingerprint density at radius 1 is 0.978 bits per heavy atom. The zero-order chi connectivity index (χ0) is 32.2. The fourth-order valence-corrected chi connectivity index (χ4v) is 6.66. The molecule has 9 heteroatoms. The number of allylic oxidation sites excluding steroid dienone is 1. The zero-order valence-corrected chi connectivity index (χ0v) is 26.6. The monoisotopic (exact) mass is 621 g/mol. The molecule has 1 saturated carbocycles. The Labute approximate surface area is 266 Å². The fraction of sp³-hybridized carbons (Fsp3) is 0.528. The van der Waals surface area contributed by atoms with E-state index >= 15 is 0 Å². The first-order valence-electron chi connectivity index (χ1n) is 16.1. The van der Waals surface area contributed by atoms with Crippen LogP contribution in [0.5, 0.6) is 17.2 Å². The van der Waals surface area contributed by atoms with E-state index in [1.54, 1.807) is 37.3 Å². The van der Waals surface area contributed by atoms with E-state index in [2.05, 4.69) is 6.58 Å². The second-order valence-corrected chi connectivity index (χ2v) is 12.0. The molecule has 1 aliphatic carbocycles. The fourth-order valence-electron chi connectivity index (χ4n) is 6.66. The number of esters is 1. The average molecular weight is 622 g/mol. The maximum Gasteiger partial charge on any atom is 0.341 e. The number of aryl methyl sites for hydroxylation is 1. The van der Waals surface area contributed by atoms with Crippen molar-refractivity contribution in [2.45, 2.75) is 82.8 Å². The van der Waals surface area contributed by atoms with Crippen molar-refractivity contribution in [3.8, 4) is 17.2 Å². The molecule has 45 heavy (non-hydrogen) atoms. The highest BCUT2D eigenvalue weighted by atomic mass is 16.5. The maximum absolute atomic E-state index is 14.0. The quantitative estimate of drug-likeness (QED) is 0.176. The molecule has 1 saturated heterocycles. The Morgan fingerprint density at radius 3 is 2.44 bits per heavy atom. The van der Waals surface area contributed by atoms with Crippen LogP contribution in [-0.2, 0) is 25.5 Å². The Bertz CT molecular complexity index is 1300. The van der Waals surface area contributed by atoms with E-state index < -0.39 is 30.7 Å². The number of carboxylic acids is 1. The van der Waals surface area contributed by atoms with Gasteiger partial charge < -0.3 is 29.0 Å². The molecule has 2 aromatic rings. The number of piperidine rings is 1. The van der Waals surface area contributed by atoms with Crippen LogP contribution in [-0.4, -0.2) is 61.3 Å². The van der Waals surface area contributed by atoms with Crippen LogP contribution in [0, 0.1) is 11.8 Å². The number of likely N-dealkylation sites (tertiary alicyclic amines) is 1. The van der Waals surface area contributed by atoms with Crippen LogP contribution in [0.4, 0.5) is 0 Å². The standard InChI is InChI=1S/C36H47NO8/c1-4-11-29(26-12-6-5-7-13-26)35(40)37-21-9-8-16-30(37)36(41)45-31(27-14-10-15-28(23-27)44-24-34(38)39)19-17-25-18-20-32(42-2)33(22-25)43-3/h4,10,14-15,18,20,22-23,26,29-31H,1,5-9,11-13,16-17,19,21,24H2,2-3H3,(H,38,39)/t29?,30-,31?/m0/s1. The topological polar surface area (TPSA) is 112 Å². The number of nitrogens with zero attached hydrogens (tertiary/aromatic N) is 1. The predicted octanol–water partition coefficient (Wildman–Crippen LogP) is 6.54. The average Bonchev–Trinajstić information content (AvgIpc) is 3.08. The second-order valence-electron chi connectivity index (χ2n) is 12.0. The van der Waals surface area contributed by atoms with Gasteiger partial charge in [-0.15, -0.1) is 6.58 Å². The molecule has 0 aromatic heterocycles. The first kappa shape index (κ1) is 33.9. The van der Waals surface area contributed by atoms with Crippen molar-refractivity contribution in [1.82, 2.24) is 4.90 Å². The molecule has 9 nitrogen and oxygen atoms in total. The van der Waals surface area contributed by atoms with Gasteiger partial charge in [0.25, 0.3) is 0 Å². The maximum atomic E-state index is 14.0. The number of carboxylic acid groups (broad SMARTS) is 1. The molecule has 0 spiro atoms. The normalized spacial score (nSPS) is 18.4. The molecular weight excluding hydrogens is 574 g/mol. The third kappa shape index (κ3) is 9.25. The highest BCUT2D eigenvalue weighted by molar-refractivity contribution is 5.86. The number of carbonyl (C=O) groups excluding carboxylic acids is 2. The van der Waals surface area contributed by atoms with Crippen LogP contribution in [0.25, 0.3) is 0 Å². The van der Waals surface area contributed by atoms with E-state index in [1.165, 1.54) is 6.42 Å². The van der Waals surface area contributed by atoms with Gasteiger partial charge in [-0.05, 0) is 92.7 Å². The molecule has 244 valence electrons. The van der Waals surface area contributed by atoms with Crippen LogP contribution in [0.1, 0.15) is 81.4 Å². The summed E-state index contributed by atoms with van der Waals surface area (Å²) in [5.74, 6) is 0.282. The largest absolute Gasteiger partial charge is 0.493 e. The van der Waals surface area contributed by atoms with E-state index in [0.717, 1.165) is 44.1 Å². The van der Waals surface area contributed by atoms with Crippen molar-refractivity contribution in [3.63, 3.8) is 0 Å². The summed E-state index contributed by atoms with van der Waals surface area (Å²) in [6.45, 7) is 3.98. The summed E-state index contributed by atoms with van der Waals surface area (Å²) in [7, 11) is 3.17. The SMILES string of the molecule is C=CCC(C(=O)N1CCCC[C@H]1C(=O)OC(CCc1ccc(OC)c(OC)c1)c1cccc(OCC(=O)O)c1)C1CCCCC1. The lowest BCUT2D eigenvalue weighted by molar-refractivity contribution is -0.164. The molecule has 0 bridgehead atoms. The third-order valence-electron chi connectivity index (χ3n) is 9.01. The Morgan fingerprint density at radius 2 is 1.73 bits per heavy atom. The summed E-state index contributed by atoms with van der Waals surface area (Å²) >= 11 is 0. The van der Waals surface area contributed by atoms with Crippen molar-refractivity contribution >= 4 is 17.8 Å². The molecule has 0 radical (unpaired) electrons.